The van der Waals surface area contributed by atoms with Crippen LogP contribution in [-0.2, 0) is 17.8 Å². The summed E-state index contributed by atoms with van der Waals surface area (Å²) in [5, 5.41) is 3.60. The molecule has 0 saturated carbocycles. The molecule has 0 aliphatic rings. The molecule has 0 unspecified atom stereocenters. The first-order valence-electron chi connectivity index (χ1n) is 7.58. The monoisotopic (exact) mass is 337 g/mol. The van der Waals surface area contributed by atoms with Crippen molar-refractivity contribution in [3.05, 3.63) is 83.3 Å². The number of carbonyl (C=O) groups excluding carboxylic acids is 1. The van der Waals surface area contributed by atoms with Crippen molar-refractivity contribution in [2.24, 2.45) is 0 Å². The number of nitrogens with zero attached hydrogens (tertiary/aromatic N) is 2. The molecule has 3 aromatic rings. The number of halogens is 1. The Morgan fingerprint density at radius 1 is 1.04 bits per heavy atom. The molecule has 0 fully saturated rings. The number of benzene rings is 1. The van der Waals surface area contributed by atoms with E-state index in [0.717, 1.165) is 22.4 Å². The Morgan fingerprint density at radius 3 is 2.58 bits per heavy atom. The minimum Gasteiger partial charge on any atom is -0.352 e. The van der Waals surface area contributed by atoms with Gasteiger partial charge in [0, 0.05) is 35.7 Å². The number of hydrogen-bond donors (Lipinski definition) is 1. The first-order valence-corrected chi connectivity index (χ1v) is 7.95. The molecule has 3 rings (SSSR count). The summed E-state index contributed by atoms with van der Waals surface area (Å²) in [5.41, 5.74) is 3.64. The van der Waals surface area contributed by atoms with E-state index in [-0.39, 0.29) is 5.91 Å². The fourth-order valence-electron chi connectivity index (χ4n) is 2.39. The summed E-state index contributed by atoms with van der Waals surface area (Å²) in [6.45, 7) is 0.421. The number of amides is 1. The van der Waals surface area contributed by atoms with E-state index in [2.05, 4.69) is 15.3 Å². The van der Waals surface area contributed by atoms with Crippen LogP contribution in [0.5, 0.6) is 0 Å². The van der Waals surface area contributed by atoms with Crippen LogP contribution in [0.4, 0.5) is 0 Å². The fraction of sp³-hybridized carbons (Fsp3) is 0.105. The summed E-state index contributed by atoms with van der Waals surface area (Å²) in [5.74, 6) is -0.0432. The second-order valence-electron chi connectivity index (χ2n) is 5.33. The summed E-state index contributed by atoms with van der Waals surface area (Å²) in [4.78, 5) is 20.7. The average molecular weight is 338 g/mol. The highest BCUT2D eigenvalue weighted by atomic mass is 35.5. The Morgan fingerprint density at radius 2 is 1.83 bits per heavy atom. The molecule has 5 heteroatoms. The molecular weight excluding hydrogens is 322 g/mol. The van der Waals surface area contributed by atoms with Crippen LogP contribution in [0.25, 0.3) is 11.3 Å². The van der Waals surface area contributed by atoms with Crippen molar-refractivity contribution in [3.63, 3.8) is 0 Å². The number of pyridine rings is 2. The maximum atomic E-state index is 12.1. The third kappa shape index (κ3) is 4.18. The summed E-state index contributed by atoms with van der Waals surface area (Å²) in [7, 11) is 0. The van der Waals surface area contributed by atoms with Crippen molar-refractivity contribution in [3.8, 4) is 11.3 Å². The smallest absolute Gasteiger partial charge is 0.224 e. The quantitative estimate of drug-likeness (QED) is 0.773. The van der Waals surface area contributed by atoms with Crippen molar-refractivity contribution in [1.29, 1.82) is 0 Å². The Bertz CT molecular complexity index is 820. The molecule has 0 bridgehead atoms. The number of carbonyl (C=O) groups is 1. The zero-order chi connectivity index (χ0) is 16.8. The van der Waals surface area contributed by atoms with Gasteiger partial charge in [-0.3, -0.25) is 14.8 Å². The molecule has 4 nitrogen and oxygen atoms in total. The van der Waals surface area contributed by atoms with E-state index in [4.69, 9.17) is 11.6 Å². The van der Waals surface area contributed by atoms with E-state index in [0.29, 0.717) is 18.0 Å². The van der Waals surface area contributed by atoms with E-state index in [1.807, 2.05) is 36.4 Å². The fourth-order valence-corrected chi connectivity index (χ4v) is 2.51. The zero-order valence-electron chi connectivity index (χ0n) is 12.9. The molecule has 120 valence electrons. The third-order valence-corrected chi connectivity index (χ3v) is 3.83. The summed E-state index contributed by atoms with van der Waals surface area (Å²) < 4.78 is 0. The number of aromatic nitrogens is 2. The van der Waals surface area contributed by atoms with E-state index >= 15 is 0 Å². The van der Waals surface area contributed by atoms with Crippen LogP contribution in [0.1, 0.15) is 11.1 Å². The molecule has 1 aromatic carbocycles. The van der Waals surface area contributed by atoms with Gasteiger partial charge in [0.1, 0.15) is 0 Å². The van der Waals surface area contributed by atoms with E-state index in [9.17, 15) is 4.79 Å². The van der Waals surface area contributed by atoms with Gasteiger partial charge in [0.2, 0.25) is 5.91 Å². The van der Waals surface area contributed by atoms with Gasteiger partial charge in [-0.2, -0.15) is 0 Å². The lowest BCUT2D eigenvalue weighted by Crippen LogP contribution is -2.24. The van der Waals surface area contributed by atoms with Crippen LogP contribution in [0, 0.1) is 0 Å². The predicted octanol–water partition coefficient (Wildman–Crippen LogP) is 3.66. The van der Waals surface area contributed by atoms with Gasteiger partial charge < -0.3 is 5.32 Å². The minimum atomic E-state index is -0.0432. The molecule has 2 aromatic heterocycles. The SMILES string of the molecule is O=C(Cc1ccc(Cl)cc1)NCc1cccnc1-c1cccnc1. The Labute approximate surface area is 145 Å². The Hall–Kier alpha value is -2.72. The molecule has 0 saturated heterocycles. The Kier molecular flexibility index (Phi) is 5.18. The molecule has 24 heavy (non-hydrogen) atoms. The van der Waals surface area contributed by atoms with E-state index in [1.165, 1.54) is 0 Å². The van der Waals surface area contributed by atoms with Gasteiger partial charge >= 0.3 is 0 Å². The molecule has 0 aliphatic carbocycles. The minimum absolute atomic E-state index is 0.0432. The van der Waals surface area contributed by atoms with Crippen molar-refractivity contribution in [2.75, 3.05) is 0 Å². The maximum absolute atomic E-state index is 12.1. The molecular formula is C19H16ClN3O. The van der Waals surface area contributed by atoms with Gasteiger partial charge in [-0.1, -0.05) is 29.8 Å². The van der Waals surface area contributed by atoms with Crippen LogP contribution < -0.4 is 5.32 Å². The second-order valence-corrected chi connectivity index (χ2v) is 5.77. The van der Waals surface area contributed by atoms with Gasteiger partial charge in [0.15, 0.2) is 0 Å². The van der Waals surface area contributed by atoms with Crippen molar-refractivity contribution >= 4 is 17.5 Å². The molecule has 0 spiro atoms. The summed E-state index contributed by atoms with van der Waals surface area (Å²) in [6, 6.07) is 14.9. The highest BCUT2D eigenvalue weighted by Crippen LogP contribution is 2.19. The van der Waals surface area contributed by atoms with Crippen LogP contribution in [-0.4, -0.2) is 15.9 Å². The van der Waals surface area contributed by atoms with Crippen molar-refractivity contribution in [1.82, 2.24) is 15.3 Å². The lowest BCUT2D eigenvalue weighted by Gasteiger charge is -2.10. The van der Waals surface area contributed by atoms with E-state index in [1.54, 1.807) is 30.7 Å². The standard InChI is InChI=1S/C19H16ClN3O/c20-17-7-5-14(6-8-17)11-18(24)23-13-16-4-2-10-22-19(16)15-3-1-9-21-12-15/h1-10,12H,11,13H2,(H,23,24). The predicted molar refractivity (Wildman–Crippen MR) is 94.5 cm³/mol. The number of rotatable bonds is 5. The second kappa shape index (κ2) is 7.70. The van der Waals surface area contributed by atoms with Crippen LogP contribution in [0.15, 0.2) is 67.1 Å². The first kappa shape index (κ1) is 16.1. The van der Waals surface area contributed by atoms with Gasteiger partial charge in [-0.15, -0.1) is 0 Å². The normalized spacial score (nSPS) is 10.4. The van der Waals surface area contributed by atoms with Gasteiger partial charge in [-0.25, -0.2) is 0 Å². The van der Waals surface area contributed by atoms with Gasteiger partial charge in [-0.05, 0) is 41.5 Å². The Balaban J connectivity index is 1.66. The average Bonchev–Trinajstić information content (AvgIpc) is 2.63. The van der Waals surface area contributed by atoms with Gasteiger partial charge in [0.25, 0.3) is 0 Å². The van der Waals surface area contributed by atoms with Gasteiger partial charge in [0.05, 0.1) is 12.1 Å². The lowest BCUT2D eigenvalue weighted by atomic mass is 10.1. The lowest BCUT2D eigenvalue weighted by molar-refractivity contribution is -0.120. The van der Waals surface area contributed by atoms with E-state index < -0.39 is 0 Å². The molecule has 1 amide bonds. The van der Waals surface area contributed by atoms with Crippen LogP contribution >= 0.6 is 11.6 Å². The zero-order valence-corrected chi connectivity index (χ0v) is 13.7. The number of hydrogen-bond acceptors (Lipinski definition) is 3. The molecule has 1 N–H and O–H groups in total. The summed E-state index contributed by atoms with van der Waals surface area (Å²) in [6.07, 6.45) is 5.54. The van der Waals surface area contributed by atoms with Crippen LogP contribution in [0.2, 0.25) is 5.02 Å². The molecule has 2 heterocycles. The van der Waals surface area contributed by atoms with Crippen molar-refractivity contribution < 1.29 is 4.79 Å². The van der Waals surface area contributed by atoms with Crippen molar-refractivity contribution in [2.45, 2.75) is 13.0 Å². The first-order chi connectivity index (χ1) is 11.7. The largest absolute Gasteiger partial charge is 0.352 e. The highest BCUT2D eigenvalue weighted by Gasteiger charge is 2.08. The third-order valence-electron chi connectivity index (χ3n) is 3.58. The molecule has 0 radical (unpaired) electrons. The molecule has 0 atom stereocenters. The number of nitrogens with one attached hydrogen (secondary N) is 1. The highest BCUT2D eigenvalue weighted by molar-refractivity contribution is 6.30. The topological polar surface area (TPSA) is 54.9 Å². The summed E-state index contributed by atoms with van der Waals surface area (Å²) >= 11 is 5.85. The molecule has 0 aliphatic heterocycles. The maximum Gasteiger partial charge on any atom is 0.224 e. The van der Waals surface area contributed by atoms with Crippen LogP contribution in [0.3, 0.4) is 0 Å².